The van der Waals surface area contributed by atoms with Crippen molar-refractivity contribution < 1.29 is 4.79 Å². The molecule has 3 N–H and O–H groups in total. The minimum atomic E-state index is -0.0938. The third-order valence-corrected chi connectivity index (χ3v) is 4.85. The molecule has 0 saturated heterocycles. The Morgan fingerprint density at radius 3 is 2.85 bits per heavy atom. The van der Waals surface area contributed by atoms with Crippen molar-refractivity contribution in [3.63, 3.8) is 0 Å². The molecule has 0 aliphatic carbocycles. The first-order chi connectivity index (χ1) is 9.63. The second-order valence-electron chi connectivity index (χ2n) is 4.64. The van der Waals surface area contributed by atoms with Crippen LogP contribution in [0.4, 0.5) is 11.4 Å². The fourth-order valence-electron chi connectivity index (χ4n) is 2.16. The van der Waals surface area contributed by atoms with E-state index in [1.165, 1.54) is 10.5 Å². The van der Waals surface area contributed by atoms with Crippen LogP contribution in [-0.2, 0) is 11.2 Å². The minimum Gasteiger partial charge on any atom is -0.398 e. The lowest BCUT2D eigenvalue weighted by atomic mass is 10.1. The zero-order valence-corrected chi connectivity index (χ0v) is 12.2. The van der Waals surface area contributed by atoms with E-state index in [0.29, 0.717) is 16.4 Å². The topological polar surface area (TPSA) is 55.1 Å². The zero-order chi connectivity index (χ0) is 14.1. The van der Waals surface area contributed by atoms with Crippen LogP contribution >= 0.6 is 23.4 Å². The normalized spacial score (nSPS) is 16.8. The van der Waals surface area contributed by atoms with E-state index < -0.39 is 0 Å². The first-order valence-electron chi connectivity index (χ1n) is 6.24. The third kappa shape index (κ3) is 2.62. The Hall–Kier alpha value is -1.65. The molecule has 1 aliphatic rings. The van der Waals surface area contributed by atoms with Crippen molar-refractivity contribution in [2.45, 2.75) is 16.6 Å². The van der Waals surface area contributed by atoms with E-state index in [1.54, 1.807) is 30.0 Å². The molecule has 0 radical (unpaired) electrons. The van der Waals surface area contributed by atoms with Crippen LogP contribution in [0.2, 0.25) is 5.02 Å². The van der Waals surface area contributed by atoms with Crippen molar-refractivity contribution in [1.82, 2.24) is 0 Å². The number of carbonyl (C=O) groups excluding carboxylic acids is 1. The number of hydrogen-bond donors (Lipinski definition) is 2. The molecular formula is C15H13ClN2OS. The van der Waals surface area contributed by atoms with Gasteiger partial charge in [0.15, 0.2) is 0 Å². The second-order valence-corrected chi connectivity index (χ2v) is 6.30. The largest absolute Gasteiger partial charge is 0.398 e. The lowest BCUT2D eigenvalue weighted by Gasteiger charge is -2.10. The molecule has 0 saturated carbocycles. The Morgan fingerprint density at radius 2 is 2.10 bits per heavy atom. The summed E-state index contributed by atoms with van der Waals surface area (Å²) in [6.07, 6.45) is 0.759. The predicted octanol–water partition coefficient (Wildman–Crippen LogP) is 3.58. The molecule has 1 unspecified atom stereocenters. The van der Waals surface area contributed by atoms with Crippen molar-refractivity contribution >= 4 is 40.6 Å². The maximum atomic E-state index is 12.3. The molecule has 0 fully saturated rings. The molecule has 2 aromatic rings. The Bertz CT molecular complexity index is 650. The summed E-state index contributed by atoms with van der Waals surface area (Å²) >= 11 is 7.55. The molecule has 2 aromatic carbocycles. The zero-order valence-electron chi connectivity index (χ0n) is 10.6. The number of rotatable bonds is 2. The summed E-state index contributed by atoms with van der Waals surface area (Å²) in [5, 5.41) is 3.24. The summed E-state index contributed by atoms with van der Waals surface area (Å²) in [5.41, 5.74) is 8.06. The number of halogens is 1. The first kappa shape index (κ1) is 13.3. The number of fused-ring (bicyclic) bond motifs is 1. The molecule has 1 amide bonds. The quantitative estimate of drug-likeness (QED) is 0.834. The maximum absolute atomic E-state index is 12.3. The van der Waals surface area contributed by atoms with Crippen LogP contribution in [0.3, 0.4) is 0 Å². The van der Waals surface area contributed by atoms with E-state index in [9.17, 15) is 4.79 Å². The number of anilines is 2. The first-order valence-corrected chi connectivity index (χ1v) is 7.50. The van der Waals surface area contributed by atoms with Crippen LogP contribution in [0.25, 0.3) is 0 Å². The van der Waals surface area contributed by atoms with Gasteiger partial charge in [0.1, 0.15) is 0 Å². The summed E-state index contributed by atoms with van der Waals surface area (Å²) in [7, 11) is 0. The summed E-state index contributed by atoms with van der Waals surface area (Å²) < 4.78 is 0. The lowest BCUT2D eigenvalue weighted by Crippen LogP contribution is -2.24. The second kappa shape index (κ2) is 5.38. The maximum Gasteiger partial charge on any atom is 0.238 e. The van der Waals surface area contributed by atoms with Gasteiger partial charge in [-0.1, -0.05) is 29.8 Å². The van der Waals surface area contributed by atoms with Gasteiger partial charge in [-0.25, -0.2) is 0 Å². The van der Waals surface area contributed by atoms with Gasteiger partial charge in [-0.2, -0.15) is 0 Å². The standard InChI is InChI=1S/C15H13ClN2OS/c16-11-8-10(5-6-12(11)17)18-15(19)14-7-9-3-1-2-4-13(9)20-14/h1-6,8,14H,7,17H2,(H,18,19). The molecule has 0 bridgehead atoms. The molecule has 3 rings (SSSR count). The van der Waals surface area contributed by atoms with Gasteiger partial charge in [0.05, 0.1) is 16.0 Å². The summed E-state index contributed by atoms with van der Waals surface area (Å²) in [6.45, 7) is 0. The van der Waals surface area contributed by atoms with E-state index in [2.05, 4.69) is 11.4 Å². The molecule has 1 atom stereocenters. The number of nitrogens with one attached hydrogen (secondary N) is 1. The van der Waals surface area contributed by atoms with E-state index in [4.69, 9.17) is 17.3 Å². The van der Waals surface area contributed by atoms with Crippen molar-refractivity contribution in [3.05, 3.63) is 53.1 Å². The Labute approximate surface area is 126 Å². The van der Waals surface area contributed by atoms with Gasteiger partial charge in [-0.05, 0) is 36.2 Å². The highest BCUT2D eigenvalue weighted by Gasteiger charge is 2.27. The monoisotopic (exact) mass is 304 g/mol. The van der Waals surface area contributed by atoms with Crippen LogP contribution in [0.15, 0.2) is 47.4 Å². The van der Waals surface area contributed by atoms with Crippen LogP contribution in [-0.4, -0.2) is 11.2 Å². The highest BCUT2D eigenvalue weighted by atomic mass is 35.5. The van der Waals surface area contributed by atoms with Gasteiger partial charge in [-0.3, -0.25) is 4.79 Å². The molecule has 5 heteroatoms. The lowest BCUT2D eigenvalue weighted by molar-refractivity contribution is -0.115. The summed E-state index contributed by atoms with van der Waals surface area (Å²) in [4.78, 5) is 13.5. The number of hydrogen-bond acceptors (Lipinski definition) is 3. The Balaban J connectivity index is 1.71. The number of nitrogen functional groups attached to an aromatic ring is 1. The van der Waals surface area contributed by atoms with E-state index >= 15 is 0 Å². The number of amides is 1. The molecule has 3 nitrogen and oxygen atoms in total. The van der Waals surface area contributed by atoms with E-state index in [0.717, 1.165) is 6.42 Å². The van der Waals surface area contributed by atoms with Gasteiger partial charge >= 0.3 is 0 Å². The van der Waals surface area contributed by atoms with Crippen molar-refractivity contribution in [2.75, 3.05) is 11.1 Å². The minimum absolute atomic E-state index is 0.00737. The molecule has 1 heterocycles. The van der Waals surface area contributed by atoms with Crippen molar-refractivity contribution in [3.8, 4) is 0 Å². The number of carbonyl (C=O) groups is 1. The van der Waals surface area contributed by atoms with E-state index in [1.807, 2.05) is 18.2 Å². The van der Waals surface area contributed by atoms with Crippen LogP contribution in [0, 0.1) is 0 Å². The Kier molecular flexibility index (Phi) is 3.59. The van der Waals surface area contributed by atoms with E-state index in [-0.39, 0.29) is 11.2 Å². The number of benzene rings is 2. The fraction of sp³-hybridized carbons (Fsp3) is 0.133. The highest BCUT2D eigenvalue weighted by Crippen LogP contribution is 2.37. The predicted molar refractivity (Wildman–Crippen MR) is 84.3 cm³/mol. The smallest absolute Gasteiger partial charge is 0.238 e. The SMILES string of the molecule is Nc1ccc(NC(=O)C2Cc3ccccc3S2)cc1Cl. The number of thioether (sulfide) groups is 1. The molecule has 102 valence electrons. The van der Waals surface area contributed by atoms with Crippen molar-refractivity contribution in [1.29, 1.82) is 0 Å². The van der Waals surface area contributed by atoms with Crippen LogP contribution in [0.5, 0.6) is 0 Å². The summed E-state index contributed by atoms with van der Waals surface area (Å²) in [5.74, 6) is -0.00737. The third-order valence-electron chi connectivity index (χ3n) is 3.21. The average molecular weight is 305 g/mol. The van der Waals surface area contributed by atoms with Gasteiger partial charge < -0.3 is 11.1 Å². The van der Waals surface area contributed by atoms with Gasteiger partial charge in [-0.15, -0.1) is 11.8 Å². The molecular weight excluding hydrogens is 292 g/mol. The van der Waals surface area contributed by atoms with Gasteiger partial charge in [0.2, 0.25) is 5.91 Å². The van der Waals surface area contributed by atoms with Crippen LogP contribution < -0.4 is 11.1 Å². The highest BCUT2D eigenvalue weighted by molar-refractivity contribution is 8.01. The van der Waals surface area contributed by atoms with Gasteiger partial charge in [0.25, 0.3) is 0 Å². The molecule has 1 aliphatic heterocycles. The average Bonchev–Trinajstić information content (AvgIpc) is 2.87. The summed E-state index contributed by atoms with van der Waals surface area (Å²) in [6, 6.07) is 13.2. The molecule has 0 spiro atoms. The number of nitrogens with two attached hydrogens (primary N) is 1. The molecule has 0 aromatic heterocycles. The fourth-order valence-corrected chi connectivity index (χ4v) is 3.53. The Morgan fingerprint density at radius 1 is 1.30 bits per heavy atom. The van der Waals surface area contributed by atoms with Crippen LogP contribution in [0.1, 0.15) is 5.56 Å². The molecule has 20 heavy (non-hydrogen) atoms. The van der Waals surface area contributed by atoms with Crippen molar-refractivity contribution in [2.24, 2.45) is 0 Å². The van der Waals surface area contributed by atoms with Gasteiger partial charge in [0, 0.05) is 10.6 Å².